The van der Waals surface area contributed by atoms with Gasteiger partial charge in [0.15, 0.2) is 58.2 Å². The van der Waals surface area contributed by atoms with Gasteiger partial charge in [0, 0.05) is 112 Å². The van der Waals surface area contributed by atoms with Gasteiger partial charge < -0.3 is 40.9 Å². The largest absolute Gasteiger partial charge is 0.397 e. The van der Waals surface area contributed by atoms with E-state index in [1.54, 1.807) is 94.6 Å². The van der Waals surface area contributed by atoms with Crippen LogP contribution in [-0.2, 0) is 14.4 Å². The first kappa shape index (κ1) is 100. The second-order valence-electron chi connectivity index (χ2n) is 33.2. The monoisotopic (exact) mass is 1980 g/mol. The molecule has 0 spiro atoms. The van der Waals surface area contributed by atoms with Gasteiger partial charge in [-0.25, -0.2) is 63.2 Å². The van der Waals surface area contributed by atoms with Crippen LogP contribution in [0.1, 0.15) is 124 Å². The molecule has 4 N–H and O–H groups in total. The normalized spacial score (nSPS) is 14.5. The van der Waals surface area contributed by atoms with Crippen molar-refractivity contribution in [2.24, 2.45) is 0 Å². The number of aromatic nitrogens is 9. The van der Waals surface area contributed by atoms with Gasteiger partial charge in [-0.15, -0.1) is 0 Å². The molecule has 3 amide bonds. The number of nitrogens with two attached hydrogens (primary N) is 2. The van der Waals surface area contributed by atoms with Gasteiger partial charge in [-0.05, 0) is 124 Å². The highest BCUT2D eigenvalue weighted by atomic mass is 35.5. The molecule has 26 nitrogen and oxygen atoms in total. The molecule has 708 valence electrons. The van der Waals surface area contributed by atoms with Gasteiger partial charge in [-0.2, -0.15) is 15.8 Å². The van der Waals surface area contributed by atoms with E-state index in [2.05, 4.69) is 55.7 Å². The Kier molecular flexibility index (Phi) is 29.1. The number of amides is 3. The first-order valence-corrected chi connectivity index (χ1v) is 43.9. The lowest BCUT2D eigenvalue weighted by molar-refractivity contribution is -0.130. The van der Waals surface area contributed by atoms with Crippen molar-refractivity contribution in [1.82, 2.24) is 58.3 Å². The molecule has 3 aliphatic rings. The average molecular weight is 1980 g/mol. The number of halogens is 16. The Morgan fingerprint density at radius 2 is 0.701 bits per heavy atom. The quantitative estimate of drug-likeness (QED) is 0.0316. The van der Waals surface area contributed by atoms with E-state index in [0.717, 1.165) is 9.13 Å². The van der Waals surface area contributed by atoms with Gasteiger partial charge in [0.2, 0.25) is 23.5 Å². The molecule has 2 atom stereocenters. The number of piperazine rings is 3. The van der Waals surface area contributed by atoms with Gasteiger partial charge in [-0.1, -0.05) is 119 Å². The third-order valence-corrected chi connectivity index (χ3v) is 25.3. The number of rotatable bonds is 15. The van der Waals surface area contributed by atoms with Crippen LogP contribution in [-0.4, -0.2) is 154 Å². The summed E-state index contributed by atoms with van der Waals surface area (Å²) in [5.41, 5.74) is 6.83. The Bertz CT molecular complexity index is 7120. The SMILES string of the molecule is C=CC(=O)N1CCN(c2c(C#N)c(=O)n(-c3c(C)ccnc3C(C)C)c3nc(-c4c(N)c(Cl)c(F)c(Cl)c4F)c(Cl)cc23)CC1.C=CC(=O)N1CCN(c2c(C#N)c(=O)n(-c3c(C)ccnc3C(C)C)c3nc(-c4c(N)c(F)c(F)c(F)c4F)c(Cl)cc23)CC1.C=CC(=O)N1[C@H](C)CN(c2c(C#N)c(=O)n(-c3c(C)ccnc3C(C)C)c3nc(-c4c(F)c(F)c(F)c(F)c4F)c(Cl)cc23)C[C@@H]1C. The minimum absolute atomic E-state index is 0.00590. The fourth-order valence-corrected chi connectivity index (χ4v) is 18.4. The lowest BCUT2D eigenvalue weighted by Crippen LogP contribution is -2.58. The maximum atomic E-state index is 15.5. The second-order valence-corrected chi connectivity index (χ2v) is 35.1. The zero-order chi connectivity index (χ0) is 100. The molecule has 0 aliphatic carbocycles. The number of fused-ring (bicyclic) bond motifs is 3. The molecule has 3 aromatic carbocycles. The topological polar surface area (TPSA) is 337 Å². The molecule has 12 aromatic rings. The van der Waals surface area contributed by atoms with E-state index in [1.165, 1.54) is 47.2 Å². The Morgan fingerprint density at radius 3 is 1.01 bits per heavy atom. The molecule has 0 radical (unpaired) electrons. The number of hydrogen-bond acceptors (Lipinski definition) is 20. The number of benzene rings is 3. The summed E-state index contributed by atoms with van der Waals surface area (Å²) in [7, 11) is 0. The lowest BCUT2D eigenvalue weighted by atomic mass is 10.0. The minimum atomic E-state index is -2.36. The van der Waals surface area contributed by atoms with E-state index >= 15 is 17.6 Å². The number of aryl methyl sites for hydroxylation is 3. The molecule has 0 bridgehead atoms. The van der Waals surface area contributed by atoms with Crippen LogP contribution in [0.2, 0.25) is 25.1 Å². The van der Waals surface area contributed by atoms with Crippen LogP contribution in [0.25, 0.3) is 83.9 Å². The van der Waals surface area contributed by atoms with E-state index in [-0.39, 0.29) is 176 Å². The van der Waals surface area contributed by atoms with Crippen LogP contribution >= 0.6 is 58.0 Å². The van der Waals surface area contributed by atoms with Gasteiger partial charge in [0.05, 0.1) is 111 Å². The predicted octanol–water partition coefficient (Wildman–Crippen LogP) is 18.5. The summed E-state index contributed by atoms with van der Waals surface area (Å²) in [6.07, 6.45) is 8.29. The summed E-state index contributed by atoms with van der Waals surface area (Å²) in [5, 5.41) is 29.2. The summed E-state index contributed by atoms with van der Waals surface area (Å²) >= 11 is 31.8. The molecule has 9 aromatic heterocycles. The number of pyridine rings is 9. The first-order valence-electron chi connectivity index (χ1n) is 42.1. The standard InChI is InChI=1S/C33H28ClF5N6O2.C31H26Cl3F2N7O2.C31H26ClF4N7O2/c1-7-21(46)44-16(5)12-43(13-17(44)6)31-18-10-20(34)29(22-23(35)25(37)27(39)26(38)24(22)36)42-32(18)45(33(47)19(31)11-40)30-15(4)8-9-41-28(30)14(2)3;1-5-19(44)41-8-10-42(11-9-41)29-16-12-18(32)27(20-23(35)21(33)24(36)22(34)25(20)38)40-30(16)43(31(45)17(29)13-37)28-15(4)6-7-39-26(28)14(2)3;1-5-19(44)41-8-10-42(11-9-41)29-16-12-18(32)27(20-21(33)22(34)23(35)24(36)25(20)38)40-30(16)43(31(45)17(29)13-37)28-15(4)6-7-39-26(28)14(2)3/h7-10,14,16-17H,1,12-13H2,2-6H3;2*5-7,12,14H,1,8-11,38H2,2-4H3/t16-,17+;;. The first-order chi connectivity index (χ1) is 64.8. The Hall–Kier alpha value is -14.0. The van der Waals surface area contributed by atoms with Crippen molar-refractivity contribution in [1.29, 1.82) is 15.8 Å². The summed E-state index contributed by atoms with van der Waals surface area (Å²) < 4.78 is 165. The number of hydrogen-bond donors (Lipinski definition) is 2. The van der Waals surface area contributed by atoms with Crippen molar-refractivity contribution in [3.05, 3.63) is 264 Å². The molecule has 3 aliphatic heterocycles. The van der Waals surface area contributed by atoms with Crippen molar-refractivity contribution in [3.63, 3.8) is 0 Å². The van der Waals surface area contributed by atoms with E-state index < -0.39 is 147 Å². The van der Waals surface area contributed by atoms with Crippen molar-refractivity contribution < 1.29 is 62.7 Å². The van der Waals surface area contributed by atoms with E-state index in [0.29, 0.717) is 57.9 Å². The van der Waals surface area contributed by atoms with E-state index in [9.17, 15) is 75.3 Å². The van der Waals surface area contributed by atoms with Gasteiger partial charge in [0.25, 0.3) is 16.7 Å². The molecular weight excluding hydrogens is 1900 g/mol. The zero-order valence-corrected chi connectivity index (χ0v) is 78.5. The van der Waals surface area contributed by atoms with Crippen molar-refractivity contribution in [3.8, 4) is 69.0 Å². The number of nitrogen functional groups attached to an aromatic ring is 2. The van der Waals surface area contributed by atoms with Crippen molar-refractivity contribution >= 4 is 137 Å². The van der Waals surface area contributed by atoms with Crippen LogP contribution in [0, 0.1) is 119 Å². The second kappa shape index (κ2) is 39.7. The van der Waals surface area contributed by atoms with Crippen LogP contribution in [0.5, 0.6) is 0 Å². The number of anilines is 5. The molecule has 15 rings (SSSR count). The molecule has 3 saturated heterocycles. The minimum Gasteiger partial charge on any atom is -0.397 e. The zero-order valence-electron chi connectivity index (χ0n) is 74.7. The summed E-state index contributed by atoms with van der Waals surface area (Å²) in [6.45, 7) is 32.8. The van der Waals surface area contributed by atoms with E-state index in [1.807, 2.05) is 53.7 Å². The smallest absolute Gasteiger partial charge is 0.276 e. The van der Waals surface area contributed by atoms with Crippen LogP contribution < -0.4 is 42.8 Å². The van der Waals surface area contributed by atoms with Crippen molar-refractivity contribution in [2.75, 3.05) is 91.6 Å². The van der Waals surface area contributed by atoms with Crippen molar-refractivity contribution in [2.45, 2.75) is 106 Å². The van der Waals surface area contributed by atoms with Crippen LogP contribution in [0.15, 0.2) is 107 Å². The number of nitriles is 3. The Morgan fingerprint density at radius 1 is 0.409 bits per heavy atom. The van der Waals surface area contributed by atoms with Crippen LogP contribution in [0.4, 0.5) is 76.7 Å². The number of carbonyl (C=O) groups excluding carboxylic acids is 3. The summed E-state index contributed by atoms with van der Waals surface area (Å²) in [6, 6.07) is 14.1. The maximum absolute atomic E-state index is 15.5. The molecule has 12 heterocycles. The lowest BCUT2D eigenvalue weighted by Gasteiger charge is -2.45. The highest BCUT2D eigenvalue weighted by Gasteiger charge is 2.40. The fourth-order valence-electron chi connectivity index (χ4n) is 17.3. The summed E-state index contributed by atoms with van der Waals surface area (Å²) in [4.78, 5) is 117. The molecule has 3 fully saturated rings. The molecule has 0 unspecified atom stereocenters. The third kappa shape index (κ3) is 17.6. The summed E-state index contributed by atoms with van der Waals surface area (Å²) in [5.74, 6) is -22.9. The molecule has 137 heavy (non-hydrogen) atoms. The van der Waals surface area contributed by atoms with Gasteiger partial charge in [-0.3, -0.25) is 57.4 Å². The Balaban J connectivity index is 0.000000174. The molecule has 0 saturated carbocycles. The van der Waals surface area contributed by atoms with E-state index in [4.69, 9.17) is 69.5 Å². The third-order valence-electron chi connectivity index (χ3n) is 23.7. The molecular formula is C95H80Cl5F11N20O6. The number of carbonyl (C=O) groups is 3. The highest BCUT2D eigenvalue weighted by molar-refractivity contribution is 6.39. The highest BCUT2D eigenvalue weighted by Crippen LogP contribution is 2.48. The van der Waals surface area contributed by atoms with Gasteiger partial charge >= 0.3 is 0 Å². The average Bonchev–Trinajstić information content (AvgIpc) is 0.729. The number of nitrogens with zero attached hydrogens (tertiary/aromatic N) is 18. The molecule has 42 heteroatoms. The maximum Gasteiger partial charge on any atom is 0.276 e. The fraction of sp³-hybridized carbons (Fsp3) is 0.274. The predicted molar refractivity (Wildman–Crippen MR) is 502 cm³/mol. The Labute approximate surface area is 799 Å². The van der Waals surface area contributed by atoms with Gasteiger partial charge in [0.1, 0.15) is 61.9 Å². The van der Waals surface area contributed by atoms with Crippen LogP contribution in [0.3, 0.4) is 0 Å².